The zero-order valence-electron chi connectivity index (χ0n) is 12.8. The normalized spacial score (nSPS) is 21.6. The molecule has 110 valence electrons. The molecular weight excluding hydrogens is 274 g/mol. The van der Waals surface area contributed by atoms with E-state index in [2.05, 4.69) is 79.5 Å². The molecule has 2 aromatic carbocycles. The largest absolute Gasteiger partial charge is 0.310 e. The van der Waals surface area contributed by atoms with Crippen molar-refractivity contribution in [2.45, 2.75) is 37.3 Å². The van der Waals surface area contributed by atoms with Gasteiger partial charge in [-0.2, -0.15) is 11.8 Å². The molecule has 0 fully saturated rings. The summed E-state index contributed by atoms with van der Waals surface area (Å²) >= 11 is 2.07. The van der Waals surface area contributed by atoms with Crippen LogP contribution in [0.2, 0.25) is 0 Å². The van der Waals surface area contributed by atoms with E-state index in [0.29, 0.717) is 11.3 Å². The topological polar surface area (TPSA) is 12.0 Å². The summed E-state index contributed by atoms with van der Waals surface area (Å²) < 4.78 is 0. The Hall–Kier alpha value is -1.25. The second-order valence-corrected chi connectivity index (χ2v) is 7.17. The van der Waals surface area contributed by atoms with Crippen LogP contribution in [0, 0.1) is 0 Å². The molecule has 3 rings (SSSR count). The van der Waals surface area contributed by atoms with Crippen molar-refractivity contribution in [3.8, 4) is 11.1 Å². The number of hydrogen-bond donors (Lipinski definition) is 1. The number of hydrogen-bond acceptors (Lipinski definition) is 2. The van der Waals surface area contributed by atoms with Crippen molar-refractivity contribution in [1.82, 2.24) is 5.32 Å². The van der Waals surface area contributed by atoms with Crippen molar-refractivity contribution >= 4 is 11.8 Å². The van der Waals surface area contributed by atoms with Gasteiger partial charge >= 0.3 is 0 Å². The van der Waals surface area contributed by atoms with Crippen LogP contribution >= 0.6 is 11.8 Å². The lowest BCUT2D eigenvalue weighted by molar-refractivity contribution is 0.516. The number of rotatable bonds is 3. The predicted molar refractivity (Wildman–Crippen MR) is 93.7 cm³/mol. The molecule has 1 N–H and O–H groups in total. The minimum absolute atomic E-state index is 0.485. The molecule has 1 aliphatic rings. The second-order valence-electron chi connectivity index (χ2n) is 5.75. The first-order chi connectivity index (χ1) is 10.3. The van der Waals surface area contributed by atoms with Gasteiger partial charge in [0.1, 0.15) is 0 Å². The lowest BCUT2D eigenvalue weighted by Crippen LogP contribution is -2.23. The maximum atomic E-state index is 3.68. The van der Waals surface area contributed by atoms with Gasteiger partial charge in [0, 0.05) is 17.0 Å². The van der Waals surface area contributed by atoms with Crippen LogP contribution in [0.3, 0.4) is 0 Å². The molecular formula is C19H23NS. The van der Waals surface area contributed by atoms with Crippen LogP contribution in [0.5, 0.6) is 0 Å². The van der Waals surface area contributed by atoms with E-state index in [4.69, 9.17) is 0 Å². The van der Waals surface area contributed by atoms with E-state index < -0.39 is 0 Å². The van der Waals surface area contributed by atoms with E-state index >= 15 is 0 Å². The first-order valence-corrected chi connectivity index (χ1v) is 8.86. The van der Waals surface area contributed by atoms with Gasteiger partial charge in [-0.05, 0) is 41.3 Å². The van der Waals surface area contributed by atoms with Crippen molar-refractivity contribution in [1.29, 1.82) is 0 Å². The van der Waals surface area contributed by atoms with Crippen molar-refractivity contribution in [3.05, 3.63) is 59.7 Å². The van der Waals surface area contributed by atoms with Crippen LogP contribution in [0.1, 0.15) is 37.4 Å². The van der Waals surface area contributed by atoms with E-state index in [9.17, 15) is 0 Å². The Bertz CT molecular complexity index is 594. The molecule has 21 heavy (non-hydrogen) atoms. The summed E-state index contributed by atoms with van der Waals surface area (Å²) in [5.74, 6) is 1.13. The summed E-state index contributed by atoms with van der Waals surface area (Å²) in [5, 5.41) is 4.39. The summed E-state index contributed by atoms with van der Waals surface area (Å²) in [6.45, 7) is 5.57. The first kappa shape index (κ1) is 14.7. The number of thioether (sulfide) groups is 1. The van der Waals surface area contributed by atoms with E-state index in [1.54, 1.807) is 0 Å². The average Bonchev–Trinajstić information content (AvgIpc) is 2.68. The third-order valence-corrected chi connectivity index (χ3v) is 5.41. The van der Waals surface area contributed by atoms with Crippen LogP contribution in [-0.2, 0) is 5.75 Å². The van der Waals surface area contributed by atoms with E-state index in [1.165, 1.54) is 28.7 Å². The van der Waals surface area contributed by atoms with Gasteiger partial charge < -0.3 is 5.32 Å². The first-order valence-electron chi connectivity index (χ1n) is 7.81. The molecule has 2 atom stereocenters. The molecule has 0 bridgehead atoms. The highest BCUT2D eigenvalue weighted by Gasteiger charge is 2.22. The zero-order chi connectivity index (χ0) is 14.7. The molecule has 0 aliphatic carbocycles. The van der Waals surface area contributed by atoms with Crippen molar-refractivity contribution in [3.63, 3.8) is 0 Å². The predicted octanol–water partition coefficient (Wildman–Crippen LogP) is 5.03. The fraction of sp³-hybridized carbons (Fsp3) is 0.368. The van der Waals surface area contributed by atoms with Crippen LogP contribution < -0.4 is 5.32 Å². The summed E-state index contributed by atoms with van der Waals surface area (Å²) in [6, 6.07) is 18.2. The fourth-order valence-corrected chi connectivity index (χ4v) is 4.12. The van der Waals surface area contributed by atoms with E-state index in [0.717, 1.165) is 12.3 Å². The molecule has 0 saturated carbocycles. The Balaban J connectivity index is 2.01. The van der Waals surface area contributed by atoms with Gasteiger partial charge in [-0.25, -0.2) is 0 Å². The fourth-order valence-electron chi connectivity index (χ4n) is 3.06. The van der Waals surface area contributed by atoms with Crippen LogP contribution in [-0.4, -0.2) is 11.8 Å². The summed E-state index contributed by atoms with van der Waals surface area (Å²) in [4.78, 5) is 0. The molecule has 1 heterocycles. The molecule has 1 nitrogen and oxygen atoms in total. The Morgan fingerprint density at radius 3 is 2.67 bits per heavy atom. The molecule has 2 aromatic rings. The average molecular weight is 297 g/mol. The van der Waals surface area contributed by atoms with Crippen molar-refractivity contribution in [2.75, 3.05) is 6.54 Å². The third-order valence-electron chi connectivity index (χ3n) is 4.17. The quantitative estimate of drug-likeness (QED) is 0.852. The molecule has 0 amide bonds. The molecule has 2 heteroatoms. The minimum atomic E-state index is 0.485. The monoisotopic (exact) mass is 297 g/mol. The maximum absolute atomic E-state index is 3.68. The van der Waals surface area contributed by atoms with Gasteiger partial charge in [0.2, 0.25) is 0 Å². The Morgan fingerprint density at radius 1 is 1.10 bits per heavy atom. The maximum Gasteiger partial charge on any atom is 0.0333 e. The Labute approximate surface area is 132 Å². The number of fused-ring (bicyclic) bond motifs is 1. The molecule has 0 saturated heterocycles. The highest BCUT2D eigenvalue weighted by atomic mass is 32.2. The van der Waals surface area contributed by atoms with Crippen molar-refractivity contribution in [2.24, 2.45) is 0 Å². The molecule has 2 unspecified atom stereocenters. The number of nitrogens with one attached hydrogen (secondary N) is 1. The highest BCUT2D eigenvalue weighted by molar-refractivity contribution is 7.99. The smallest absolute Gasteiger partial charge is 0.0333 e. The van der Waals surface area contributed by atoms with Crippen LogP contribution in [0.25, 0.3) is 11.1 Å². The summed E-state index contributed by atoms with van der Waals surface area (Å²) in [5.41, 5.74) is 5.63. The highest BCUT2D eigenvalue weighted by Crippen LogP contribution is 2.36. The standard InChI is InChI=1S/C19H23NS/c1-3-20-19-11-14(2)21-13-17-10-9-16(12-18(17)19)15-7-5-4-6-8-15/h4-10,12,14,19-20H,3,11,13H2,1-2H3. The lowest BCUT2D eigenvalue weighted by Gasteiger charge is -2.21. The molecule has 0 aromatic heterocycles. The van der Waals surface area contributed by atoms with E-state index in [-0.39, 0.29) is 0 Å². The van der Waals surface area contributed by atoms with Crippen LogP contribution in [0.15, 0.2) is 48.5 Å². The summed E-state index contributed by atoms with van der Waals surface area (Å²) in [6.07, 6.45) is 1.21. The Kier molecular flexibility index (Phi) is 4.67. The SMILES string of the molecule is CCNC1CC(C)SCc2ccc(-c3ccccc3)cc21. The van der Waals surface area contributed by atoms with Gasteiger partial charge in [0.05, 0.1) is 0 Å². The molecule has 0 spiro atoms. The van der Waals surface area contributed by atoms with Gasteiger partial charge in [-0.3, -0.25) is 0 Å². The van der Waals surface area contributed by atoms with Gasteiger partial charge in [-0.15, -0.1) is 0 Å². The summed E-state index contributed by atoms with van der Waals surface area (Å²) in [7, 11) is 0. The van der Waals surface area contributed by atoms with Gasteiger partial charge in [0.15, 0.2) is 0 Å². The van der Waals surface area contributed by atoms with Gasteiger partial charge in [0.25, 0.3) is 0 Å². The zero-order valence-corrected chi connectivity index (χ0v) is 13.6. The minimum Gasteiger partial charge on any atom is -0.310 e. The third kappa shape index (κ3) is 3.33. The van der Waals surface area contributed by atoms with Crippen molar-refractivity contribution < 1.29 is 0 Å². The second kappa shape index (κ2) is 6.67. The van der Waals surface area contributed by atoms with E-state index in [1.807, 2.05) is 0 Å². The molecule has 1 aliphatic heterocycles. The molecule has 0 radical (unpaired) electrons. The Morgan fingerprint density at radius 2 is 1.90 bits per heavy atom. The number of benzene rings is 2. The van der Waals surface area contributed by atoms with Crippen LogP contribution in [0.4, 0.5) is 0 Å². The lowest BCUT2D eigenvalue weighted by atomic mass is 9.93. The van der Waals surface area contributed by atoms with Gasteiger partial charge in [-0.1, -0.05) is 56.3 Å².